The number of nitrogen functional groups attached to an aromatic ring is 2. The van der Waals surface area contributed by atoms with Gasteiger partial charge in [-0.05, 0) is 25.1 Å². The molecule has 0 aliphatic heterocycles. The Morgan fingerprint density at radius 2 is 2.06 bits per heavy atom. The number of rotatable bonds is 3. The molecular weight excluding hydrogens is 216 g/mol. The number of anilines is 3. The fraction of sp³-hybridized carbons (Fsp3) is 0.273. The molecule has 6 nitrogen and oxygen atoms in total. The molecule has 0 fully saturated rings. The normalized spacial score (nSPS) is 12.4. The van der Waals surface area contributed by atoms with Gasteiger partial charge in [-0.3, -0.25) is 0 Å². The molecule has 1 heterocycles. The Kier molecular flexibility index (Phi) is 2.86. The van der Waals surface area contributed by atoms with Crippen LogP contribution in [-0.2, 0) is 7.05 Å². The summed E-state index contributed by atoms with van der Waals surface area (Å²) in [5.74, 6) is 0.861. The van der Waals surface area contributed by atoms with Crippen LogP contribution in [0.2, 0.25) is 0 Å². The zero-order valence-corrected chi connectivity index (χ0v) is 9.88. The summed E-state index contributed by atoms with van der Waals surface area (Å²) in [5.41, 5.74) is 13.5. The first-order valence-corrected chi connectivity index (χ1v) is 5.33. The lowest BCUT2D eigenvalue weighted by Gasteiger charge is -2.15. The van der Waals surface area contributed by atoms with Crippen molar-refractivity contribution in [1.82, 2.24) is 14.8 Å². The largest absolute Gasteiger partial charge is 0.397 e. The minimum atomic E-state index is 0.0468. The van der Waals surface area contributed by atoms with Crippen molar-refractivity contribution in [2.75, 3.05) is 16.8 Å². The van der Waals surface area contributed by atoms with Crippen LogP contribution in [0, 0.1) is 0 Å². The molecule has 1 unspecified atom stereocenters. The predicted molar refractivity (Wildman–Crippen MR) is 68.3 cm³/mol. The van der Waals surface area contributed by atoms with E-state index in [1.807, 2.05) is 30.7 Å². The highest BCUT2D eigenvalue weighted by molar-refractivity contribution is 5.69. The van der Waals surface area contributed by atoms with Gasteiger partial charge < -0.3 is 21.4 Å². The van der Waals surface area contributed by atoms with Crippen molar-refractivity contribution in [3.8, 4) is 0 Å². The summed E-state index contributed by atoms with van der Waals surface area (Å²) in [6, 6.07) is 5.52. The third kappa shape index (κ3) is 2.30. The number of nitrogens with one attached hydrogen (secondary N) is 1. The van der Waals surface area contributed by atoms with E-state index in [0.717, 1.165) is 11.5 Å². The van der Waals surface area contributed by atoms with Crippen LogP contribution in [0.4, 0.5) is 17.1 Å². The van der Waals surface area contributed by atoms with Crippen LogP contribution in [0.3, 0.4) is 0 Å². The average Bonchev–Trinajstić information content (AvgIpc) is 2.70. The van der Waals surface area contributed by atoms with Crippen LogP contribution in [0.25, 0.3) is 0 Å². The monoisotopic (exact) mass is 232 g/mol. The molecule has 0 amide bonds. The summed E-state index contributed by atoms with van der Waals surface area (Å²) in [6.07, 6.45) is 1.67. The minimum Gasteiger partial charge on any atom is -0.397 e. The SMILES string of the molecule is CC(Nc1ccc(N)c(N)c1)c1nncn1C. The smallest absolute Gasteiger partial charge is 0.154 e. The van der Waals surface area contributed by atoms with Crippen LogP contribution in [-0.4, -0.2) is 14.8 Å². The first-order valence-electron chi connectivity index (χ1n) is 5.33. The van der Waals surface area contributed by atoms with Crippen LogP contribution in [0.5, 0.6) is 0 Å². The Hall–Kier alpha value is -2.24. The highest BCUT2D eigenvalue weighted by Crippen LogP contribution is 2.23. The lowest BCUT2D eigenvalue weighted by Crippen LogP contribution is -2.12. The number of hydrogen-bond acceptors (Lipinski definition) is 5. The van der Waals surface area contributed by atoms with Gasteiger partial charge in [0.25, 0.3) is 0 Å². The van der Waals surface area contributed by atoms with Gasteiger partial charge in [0.15, 0.2) is 5.82 Å². The van der Waals surface area contributed by atoms with Crippen molar-refractivity contribution in [3.05, 3.63) is 30.4 Å². The fourth-order valence-corrected chi connectivity index (χ4v) is 1.66. The molecule has 0 aliphatic rings. The van der Waals surface area contributed by atoms with Crippen LogP contribution < -0.4 is 16.8 Å². The number of nitrogens with two attached hydrogens (primary N) is 2. The van der Waals surface area contributed by atoms with E-state index in [1.54, 1.807) is 12.4 Å². The molecule has 0 spiro atoms. The van der Waals surface area contributed by atoms with Crippen molar-refractivity contribution in [2.45, 2.75) is 13.0 Å². The maximum atomic E-state index is 5.75. The van der Waals surface area contributed by atoms with Gasteiger partial charge in [0, 0.05) is 12.7 Å². The van der Waals surface area contributed by atoms with E-state index in [1.165, 1.54) is 0 Å². The van der Waals surface area contributed by atoms with E-state index >= 15 is 0 Å². The van der Waals surface area contributed by atoms with Gasteiger partial charge in [0.2, 0.25) is 0 Å². The minimum absolute atomic E-state index is 0.0468. The highest BCUT2D eigenvalue weighted by Gasteiger charge is 2.11. The molecule has 0 radical (unpaired) electrons. The van der Waals surface area contributed by atoms with Crippen LogP contribution in [0.1, 0.15) is 18.8 Å². The molecule has 6 heteroatoms. The number of nitrogens with zero attached hydrogens (tertiary/aromatic N) is 3. The van der Waals surface area contributed by atoms with Gasteiger partial charge in [0.05, 0.1) is 17.4 Å². The van der Waals surface area contributed by atoms with Crippen molar-refractivity contribution in [1.29, 1.82) is 0 Å². The standard InChI is InChI=1S/C11H16N6/c1-7(11-16-14-6-17(11)2)15-8-3-4-9(12)10(13)5-8/h3-7,15H,12-13H2,1-2H3. The Balaban J connectivity index is 2.16. The zero-order valence-electron chi connectivity index (χ0n) is 9.88. The second kappa shape index (κ2) is 4.32. The van der Waals surface area contributed by atoms with Crippen LogP contribution >= 0.6 is 0 Å². The van der Waals surface area contributed by atoms with Crippen molar-refractivity contribution in [2.24, 2.45) is 7.05 Å². The van der Waals surface area contributed by atoms with Crippen molar-refractivity contribution in [3.63, 3.8) is 0 Å². The fourth-order valence-electron chi connectivity index (χ4n) is 1.66. The van der Waals surface area contributed by atoms with Gasteiger partial charge in [-0.15, -0.1) is 10.2 Å². The van der Waals surface area contributed by atoms with E-state index in [2.05, 4.69) is 15.5 Å². The molecule has 17 heavy (non-hydrogen) atoms. The molecular formula is C11H16N6. The van der Waals surface area contributed by atoms with Gasteiger partial charge in [0.1, 0.15) is 6.33 Å². The molecule has 0 aliphatic carbocycles. The third-order valence-corrected chi connectivity index (χ3v) is 2.60. The number of hydrogen-bond donors (Lipinski definition) is 3. The highest BCUT2D eigenvalue weighted by atomic mass is 15.3. The van der Waals surface area contributed by atoms with Gasteiger partial charge >= 0.3 is 0 Å². The Bertz CT molecular complexity index is 518. The summed E-state index contributed by atoms with van der Waals surface area (Å²) in [4.78, 5) is 0. The van der Waals surface area contributed by atoms with Crippen LogP contribution in [0.15, 0.2) is 24.5 Å². The van der Waals surface area contributed by atoms with Crippen molar-refractivity contribution < 1.29 is 0 Å². The Morgan fingerprint density at radius 3 is 2.65 bits per heavy atom. The predicted octanol–water partition coefficient (Wildman–Crippen LogP) is 1.15. The molecule has 1 aromatic heterocycles. The molecule has 0 saturated carbocycles. The summed E-state index contributed by atoms with van der Waals surface area (Å²) in [6.45, 7) is 2.01. The lowest BCUT2D eigenvalue weighted by molar-refractivity contribution is 0.719. The number of benzene rings is 1. The second-order valence-electron chi connectivity index (χ2n) is 4.01. The summed E-state index contributed by atoms with van der Waals surface area (Å²) in [7, 11) is 1.91. The maximum absolute atomic E-state index is 5.75. The molecule has 90 valence electrons. The quantitative estimate of drug-likeness (QED) is 0.690. The van der Waals surface area contributed by atoms with E-state index in [-0.39, 0.29) is 6.04 Å². The molecule has 1 atom stereocenters. The number of aryl methyl sites for hydroxylation is 1. The van der Waals surface area contributed by atoms with Gasteiger partial charge in [-0.25, -0.2) is 0 Å². The van der Waals surface area contributed by atoms with E-state index < -0.39 is 0 Å². The zero-order chi connectivity index (χ0) is 12.4. The lowest BCUT2D eigenvalue weighted by atomic mass is 10.2. The Labute approximate surface area is 99.6 Å². The molecule has 1 aromatic carbocycles. The first-order chi connectivity index (χ1) is 8.08. The topological polar surface area (TPSA) is 94.8 Å². The molecule has 2 aromatic rings. The van der Waals surface area contributed by atoms with E-state index in [9.17, 15) is 0 Å². The third-order valence-electron chi connectivity index (χ3n) is 2.60. The second-order valence-corrected chi connectivity index (χ2v) is 4.01. The van der Waals surface area contributed by atoms with Gasteiger partial charge in [-0.2, -0.15) is 0 Å². The van der Waals surface area contributed by atoms with E-state index in [0.29, 0.717) is 11.4 Å². The average molecular weight is 232 g/mol. The summed E-state index contributed by atoms with van der Waals surface area (Å²) >= 11 is 0. The van der Waals surface area contributed by atoms with E-state index in [4.69, 9.17) is 11.5 Å². The summed E-state index contributed by atoms with van der Waals surface area (Å²) < 4.78 is 1.87. The molecule has 2 rings (SSSR count). The molecule has 0 bridgehead atoms. The molecule has 5 N–H and O–H groups in total. The number of aromatic nitrogens is 3. The Morgan fingerprint density at radius 1 is 1.29 bits per heavy atom. The molecule has 0 saturated heterocycles. The summed E-state index contributed by atoms with van der Waals surface area (Å²) in [5, 5.41) is 11.2. The first kappa shape index (κ1) is 11.3. The maximum Gasteiger partial charge on any atom is 0.154 e. The van der Waals surface area contributed by atoms with Crippen molar-refractivity contribution >= 4 is 17.1 Å². The van der Waals surface area contributed by atoms with Gasteiger partial charge in [-0.1, -0.05) is 0 Å².